The van der Waals surface area contributed by atoms with Crippen molar-refractivity contribution in [2.24, 2.45) is 5.41 Å². The average Bonchev–Trinajstić information content (AvgIpc) is 2.27. The van der Waals surface area contributed by atoms with Gasteiger partial charge in [-0.1, -0.05) is 66.0 Å². The second-order valence-corrected chi connectivity index (χ2v) is 7.55. The van der Waals surface area contributed by atoms with Crippen LogP contribution in [0.1, 0.15) is 72.3 Å². The minimum absolute atomic E-state index is 0.204. The van der Waals surface area contributed by atoms with Crippen LogP contribution in [0.25, 0.3) is 0 Å². The quantitative estimate of drug-likeness (QED) is 0.655. The molecule has 19 heavy (non-hydrogen) atoms. The van der Waals surface area contributed by atoms with E-state index in [-0.39, 0.29) is 5.41 Å². The molecule has 0 heterocycles. The molecule has 0 radical (unpaired) electrons. The summed E-state index contributed by atoms with van der Waals surface area (Å²) in [5, 5.41) is 9.34. The lowest BCUT2D eigenvalue weighted by Crippen LogP contribution is -2.16. The second kappa shape index (κ2) is 6.45. The van der Waals surface area contributed by atoms with E-state index >= 15 is 0 Å². The largest absolute Gasteiger partial charge is 0.508 e. The van der Waals surface area contributed by atoms with E-state index in [9.17, 15) is 5.11 Å². The van der Waals surface area contributed by atoms with E-state index in [1.54, 1.807) is 12.1 Å². The van der Waals surface area contributed by atoms with Crippen molar-refractivity contribution < 1.29 is 5.11 Å². The van der Waals surface area contributed by atoms with Crippen LogP contribution < -0.4 is 0 Å². The highest BCUT2D eigenvalue weighted by Gasteiger charge is 2.20. The van der Waals surface area contributed by atoms with Crippen molar-refractivity contribution in [2.45, 2.75) is 72.1 Å². The molecular weight excluding hydrogens is 232 g/mol. The van der Waals surface area contributed by atoms with Gasteiger partial charge in [0.25, 0.3) is 0 Å². The summed E-state index contributed by atoms with van der Waals surface area (Å²) >= 11 is 0. The molecule has 0 bridgehead atoms. The van der Waals surface area contributed by atoms with Crippen molar-refractivity contribution in [2.75, 3.05) is 0 Å². The maximum atomic E-state index is 9.34. The lowest BCUT2D eigenvalue weighted by atomic mass is 9.79. The standard InChI is InChI=1S/C18H30O/c1-17(2,3)13-7-6-8-14-18(4,5)15-9-11-16(19)12-10-15/h9-12,19H,6-8,13-14H2,1-5H3. The molecule has 0 amide bonds. The van der Waals surface area contributed by atoms with Gasteiger partial charge >= 0.3 is 0 Å². The zero-order chi connectivity index (χ0) is 14.5. The van der Waals surface area contributed by atoms with Crippen molar-refractivity contribution in [1.82, 2.24) is 0 Å². The summed E-state index contributed by atoms with van der Waals surface area (Å²) in [5.74, 6) is 0.352. The number of phenols is 1. The Morgan fingerprint density at radius 2 is 1.32 bits per heavy atom. The first kappa shape index (κ1) is 16.1. The molecule has 0 aromatic heterocycles. The van der Waals surface area contributed by atoms with Crippen LogP contribution in [0.2, 0.25) is 0 Å². The number of aromatic hydroxyl groups is 1. The van der Waals surface area contributed by atoms with Gasteiger partial charge in [0, 0.05) is 0 Å². The summed E-state index contributed by atoms with van der Waals surface area (Å²) < 4.78 is 0. The molecule has 0 saturated carbocycles. The van der Waals surface area contributed by atoms with E-state index in [0.717, 1.165) is 0 Å². The highest BCUT2D eigenvalue weighted by atomic mass is 16.3. The van der Waals surface area contributed by atoms with Gasteiger partial charge in [0.15, 0.2) is 0 Å². The average molecular weight is 262 g/mol. The maximum Gasteiger partial charge on any atom is 0.115 e. The molecule has 1 aromatic rings. The fourth-order valence-corrected chi connectivity index (χ4v) is 2.46. The number of rotatable bonds is 6. The number of unbranched alkanes of at least 4 members (excludes halogenated alkanes) is 2. The Labute approximate surface area is 119 Å². The summed E-state index contributed by atoms with van der Waals surface area (Å²) in [7, 11) is 0. The zero-order valence-corrected chi connectivity index (χ0v) is 13.3. The number of hydrogen-bond donors (Lipinski definition) is 1. The van der Waals surface area contributed by atoms with Crippen molar-refractivity contribution >= 4 is 0 Å². The van der Waals surface area contributed by atoms with Gasteiger partial charge in [0.05, 0.1) is 0 Å². The number of phenolic OH excluding ortho intramolecular Hbond substituents is 1. The first-order valence-electron chi connectivity index (χ1n) is 7.50. The molecule has 0 spiro atoms. The molecule has 0 aliphatic carbocycles. The van der Waals surface area contributed by atoms with Crippen LogP contribution >= 0.6 is 0 Å². The van der Waals surface area contributed by atoms with Crippen LogP contribution in [0, 0.1) is 5.41 Å². The van der Waals surface area contributed by atoms with Gasteiger partial charge in [-0.25, -0.2) is 0 Å². The topological polar surface area (TPSA) is 20.2 Å². The fraction of sp³-hybridized carbons (Fsp3) is 0.667. The molecule has 1 rings (SSSR count). The Bertz CT molecular complexity index is 368. The van der Waals surface area contributed by atoms with Gasteiger partial charge in [-0.3, -0.25) is 0 Å². The molecule has 1 N–H and O–H groups in total. The van der Waals surface area contributed by atoms with Crippen molar-refractivity contribution in [3.8, 4) is 5.75 Å². The monoisotopic (exact) mass is 262 g/mol. The van der Waals surface area contributed by atoms with Crippen LogP contribution in [-0.4, -0.2) is 5.11 Å². The number of benzene rings is 1. The minimum atomic E-state index is 0.204. The summed E-state index contributed by atoms with van der Waals surface area (Å²) in [6.07, 6.45) is 6.45. The van der Waals surface area contributed by atoms with Crippen molar-refractivity contribution in [3.63, 3.8) is 0 Å². The lowest BCUT2D eigenvalue weighted by molar-refractivity contribution is 0.350. The van der Waals surface area contributed by atoms with Crippen molar-refractivity contribution in [1.29, 1.82) is 0 Å². The maximum absolute atomic E-state index is 9.34. The van der Waals surface area contributed by atoms with Gasteiger partial charge in [-0.15, -0.1) is 0 Å². The molecule has 108 valence electrons. The van der Waals surface area contributed by atoms with Crippen LogP contribution in [-0.2, 0) is 5.41 Å². The van der Waals surface area contributed by atoms with Gasteiger partial charge in [0.2, 0.25) is 0 Å². The minimum Gasteiger partial charge on any atom is -0.508 e. The molecule has 1 heteroatoms. The Morgan fingerprint density at radius 3 is 1.84 bits per heavy atom. The Balaban J connectivity index is 2.37. The van der Waals surface area contributed by atoms with Crippen LogP contribution in [0.3, 0.4) is 0 Å². The predicted octanol–water partition coefficient (Wildman–Crippen LogP) is 5.67. The Kier molecular flexibility index (Phi) is 5.46. The van der Waals surface area contributed by atoms with E-state index < -0.39 is 0 Å². The summed E-state index contributed by atoms with van der Waals surface area (Å²) in [5.41, 5.74) is 1.99. The van der Waals surface area contributed by atoms with Crippen LogP contribution in [0.15, 0.2) is 24.3 Å². The van der Waals surface area contributed by atoms with E-state index in [4.69, 9.17) is 0 Å². The number of hydrogen-bond acceptors (Lipinski definition) is 1. The Hall–Kier alpha value is -0.980. The molecule has 0 unspecified atom stereocenters. The smallest absolute Gasteiger partial charge is 0.115 e. The van der Waals surface area contributed by atoms with E-state index in [2.05, 4.69) is 34.6 Å². The van der Waals surface area contributed by atoms with Crippen LogP contribution in [0.4, 0.5) is 0 Å². The first-order chi connectivity index (χ1) is 8.71. The highest BCUT2D eigenvalue weighted by molar-refractivity contribution is 5.30. The normalized spacial score (nSPS) is 12.7. The predicted molar refractivity (Wildman–Crippen MR) is 83.7 cm³/mol. The molecular formula is C18H30O. The third-order valence-corrected chi connectivity index (χ3v) is 3.88. The Morgan fingerprint density at radius 1 is 0.789 bits per heavy atom. The molecule has 0 saturated heterocycles. The SMILES string of the molecule is CC(C)(C)CCCCCC(C)(C)c1ccc(O)cc1. The molecule has 0 aliphatic rings. The second-order valence-electron chi connectivity index (χ2n) is 7.55. The molecule has 1 aromatic carbocycles. The first-order valence-corrected chi connectivity index (χ1v) is 7.50. The van der Waals surface area contributed by atoms with Gasteiger partial charge in [-0.05, 0) is 41.4 Å². The van der Waals surface area contributed by atoms with Gasteiger partial charge in [0.1, 0.15) is 5.75 Å². The zero-order valence-electron chi connectivity index (χ0n) is 13.3. The summed E-state index contributed by atoms with van der Waals surface area (Å²) in [4.78, 5) is 0. The van der Waals surface area contributed by atoms with Gasteiger partial charge < -0.3 is 5.11 Å². The van der Waals surface area contributed by atoms with Gasteiger partial charge in [-0.2, -0.15) is 0 Å². The molecule has 0 atom stereocenters. The molecule has 0 fully saturated rings. The lowest BCUT2D eigenvalue weighted by Gasteiger charge is -2.25. The fourth-order valence-electron chi connectivity index (χ4n) is 2.46. The molecule has 0 aliphatic heterocycles. The van der Waals surface area contributed by atoms with E-state index in [1.807, 2.05) is 12.1 Å². The molecule has 1 nitrogen and oxygen atoms in total. The summed E-state index contributed by atoms with van der Waals surface area (Å²) in [6.45, 7) is 11.5. The van der Waals surface area contributed by atoms with E-state index in [1.165, 1.54) is 37.7 Å². The van der Waals surface area contributed by atoms with Crippen LogP contribution in [0.5, 0.6) is 5.75 Å². The summed E-state index contributed by atoms with van der Waals surface area (Å²) in [6, 6.07) is 7.67. The third kappa shape index (κ3) is 6.13. The third-order valence-electron chi connectivity index (χ3n) is 3.88. The highest BCUT2D eigenvalue weighted by Crippen LogP contribution is 2.31. The van der Waals surface area contributed by atoms with E-state index in [0.29, 0.717) is 11.2 Å². The van der Waals surface area contributed by atoms with Crippen molar-refractivity contribution in [3.05, 3.63) is 29.8 Å².